The number of carbonyl (C=O) groups is 3. The van der Waals surface area contributed by atoms with E-state index in [0.717, 1.165) is 10.7 Å². The lowest BCUT2D eigenvalue weighted by Crippen LogP contribution is -2.34. The zero-order chi connectivity index (χ0) is 26.0. The highest BCUT2D eigenvalue weighted by molar-refractivity contribution is 6.33. The Balaban J connectivity index is 1.77. The number of furan rings is 1. The van der Waals surface area contributed by atoms with E-state index in [1.807, 2.05) is 26.0 Å². The molecule has 1 aromatic heterocycles. The van der Waals surface area contributed by atoms with Gasteiger partial charge in [-0.15, -0.1) is 0 Å². The van der Waals surface area contributed by atoms with Gasteiger partial charge in [0.05, 0.1) is 23.0 Å². The second-order valence-corrected chi connectivity index (χ2v) is 8.61. The fraction of sp³-hybridized carbons (Fsp3) is 0.222. The lowest BCUT2D eigenvalue weighted by atomic mass is 10.1. The SMILES string of the molecule is CC[C@@H](NC1=C(Nc2cccc(C(=O)N(C)C)c2O)C(=O)N(c2ccccc2)C1=O)c1ccc(C)o1. The van der Waals surface area contributed by atoms with Crippen molar-refractivity contribution in [1.29, 1.82) is 0 Å². The first-order valence-electron chi connectivity index (χ1n) is 11.5. The van der Waals surface area contributed by atoms with Crippen LogP contribution in [0.15, 0.2) is 76.5 Å². The van der Waals surface area contributed by atoms with E-state index in [2.05, 4.69) is 10.6 Å². The van der Waals surface area contributed by atoms with Crippen LogP contribution in [-0.2, 0) is 9.59 Å². The highest BCUT2D eigenvalue weighted by atomic mass is 16.3. The van der Waals surface area contributed by atoms with Gasteiger partial charge in [-0.1, -0.05) is 31.2 Å². The summed E-state index contributed by atoms with van der Waals surface area (Å²) in [7, 11) is 3.15. The number of phenols is 1. The van der Waals surface area contributed by atoms with Crippen LogP contribution in [0.1, 0.15) is 41.3 Å². The smallest absolute Gasteiger partial charge is 0.284 e. The Bertz CT molecular complexity index is 1340. The maximum Gasteiger partial charge on any atom is 0.284 e. The van der Waals surface area contributed by atoms with Crippen molar-refractivity contribution >= 4 is 29.1 Å². The molecule has 0 bridgehead atoms. The first kappa shape index (κ1) is 24.6. The first-order chi connectivity index (χ1) is 17.2. The van der Waals surface area contributed by atoms with E-state index in [4.69, 9.17) is 4.42 Å². The molecular formula is C27H28N4O5. The van der Waals surface area contributed by atoms with Crippen LogP contribution in [0.25, 0.3) is 0 Å². The maximum atomic E-state index is 13.5. The number of rotatable bonds is 8. The summed E-state index contributed by atoms with van der Waals surface area (Å²) in [4.78, 5) is 42.0. The molecule has 2 heterocycles. The lowest BCUT2D eigenvalue weighted by molar-refractivity contribution is -0.120. The highest BCUT2D eigenvalue weighted by Crippen LogP contribution is 2.34. The molecule has 1 atom stereocenters. The average Bonchev–Trinajstić information content (AvgIpc) is 3.39. The molecule has 2 aromatic carbocycles. The van der Waals surface area contributed by atoms with Gasteiger partial charge >= 0.3 is 0 Å². The molecule has 9 nitrogen and oxygen atoms in total. The summed E-state index contributed by atoms with van der Waals surface area (Å²) in [5.74, 6) is -0.512. The molecule has 3 aromatic rings. The number of para-hydroxylation sites is 2. The quantitative estimate of drug-likeness (QED) is 0.325. The van der Waals surface area contributed by atoms with E-state index >= 15 is 0 Å². The van der Waals surface area contributed by atoms with Gasteiger partial charge in [0, 0.05) is 14.1 Å². The Morgan fingerprint density at radius 2 is 1.69 bits per heavy atom. The molecule has 3 amide bonds. The largest absolute Gasteiger partial charge is 0.505 e. The monoisotopic (exact) mass is 488 g/mol. The first-order valence-corrected chi connectivity index (χ1v) is 11.5. The number of amides is 3. The average molecular weight is 489 g/mol. The van der Waals surface area contributed by atoms with Crippen LogP contribution >= 0.6 is 0 Å². The van der Waals surface area contributed by atoms with Gasteiger partial charge in [0.2, 0.25) is 0 Å². The second-order valence-electron chi connectivity index (χ2n) is 8.61. The lowest BCUT2D eigenvalue weighted by Gasteiger charge is -2.18. The van der Waals surface area contributed by atoms with Crippen LogP contribution in [0.2, 0.25) is 0 Å². The molecule has 0 saturated heterocycles. The summed E-state index contributed by atoms with van der Waals surface area (Å²) >= 11 is 0. The Morgan fingerprint density at radius 1 is 1.00 bits per heavy atom. The van der Waals surface area contributed by atoms with E-state index in [-0.39, 0.29) is 34.4 Å². The van der Waals surface area contributed by atoms with Crippen LogP contribution in [0.3, 0.4) is 0 Å². The number of benzene rings is 2. The summed E-state index contributed by atoms with van der Waals surface area (Å²) < 4.78 is 5.76. The Morgan fingerprint density at radius 3 is 2.31 bits per heavy atom. The third-order valence-corrected chi connectivity index (χ3v) is 5.86. The molecule has 0 radical (unpaired) electrons. The predicted octanol–water partition coefficient (Wildman–Crippen LogP) is 3.93. The van der Waals surface area contributed by atoms with E-state index in [1.54, 1.807) is 50.5 Å². The van der Waals surface area contributed by atoms with Crippen LogP contribution in [-0.4, -0.2) is 41.8 Å². The third kappa shape index (κ3) is 4.55. The van der Waals surface area contributed by atoms with Gasteiger partial charge < -0.3 is 25.1 Å². The molecule has 9 heteroatoms. The Hall–Kier alpha value is -4.53. The molecule has 1 aliphatic rings. The molecule has 3 N–H and O–H groups in total. The summed E-state index contributed by atoms with van der Waals surface area (Å²) in [6, 6.07) is 16.5. The van der Waals surface area contributed by atoms with Gasteiger partial charge in [0.25, 0.3) is 17.7 Å². The minimum Gasteiger partial charge on any atom is -0.505 e. The predicted molar refractivity (Wildman–Crippen MR) is 135 cm³/mol. The second kappa shape index (κ2) is 9.99. The standard InChI is InChI=1S/C27H28N4O5/c1-5-19(21-15-14-16(2)36-21)28-22-23(27(35)31(26(22)34)17-10-7-6-8-11-17)29-20-13-9-12-18(24(20)32)25(33)30(3)4/h6-15,19,28-29,32H,5H2,1-4H3/t19-/m1/s1. The van der Waals surface area contributed by atoms with E-state index in [9.17, 15) is 19.5 Å². The zero-order valence-electron chi connectivity index (χ0n) is 20.5. The molecule has 0 saturated carbocycles. The molecule has 1 aliphatic heterocycles. The van der Waals surface area contributed by atoms with Crippen molar-refractivity contribution in [1.82, 2.24) is 10.2 Å². The normalized spacial score (nSPS) is 14.3. The number of anilines is 2. The molecule has 0 unspecified atom stereocenters. The number of carbonyl (C=O) groups excluding carboxylic acids is 3. The number of imide groups is 1. The topological polar surface area (TPSA) is 115 Å². The van der Waals surface area contributed by atoms with Crippen LogP contribution in [0.4, 0.5) is 11.4 Å². The van der Waals surface area contributed by atoms with Gasteiger partial charge in [-0.3, -0.25) is 14.4 Å². The molecular weight excluding hydrogens is 460 g/mol. The maximum absolute atomic E-state index is 13.5. The van der Waals surface area contributed by atoms with E-state index in [1.165, 1.54) is 17.0 Å². The molecule has 4 rings (SSSR count). The van der Waals surface area contributed by atoms with Gasteiger partial charge in [-0.05, 0) is 49.7 Å². The number of phenolic OH excluding ortho intramolecular Hbond substituents is 1. The Labute approximate surface area is 209 Å². The van der Waals surface area contributed by atoms with Gasteiger partial charge in [-0.25, -0.2) is 4.90 Å². The minimum absolute atomic E-state index is 0.0356. The molecule has 0 spiro atoms. The number of nitrogens with one attached hydrogen (secondary N) is 2. The van der Waals surface area contributed by atoms with Crippen LogP contribution in [0, 0.1) is 6.92 Å². The summed E-state index contributed by atoms with van der Waals surface area (Å²) in [6.07, 6.45) is 0.578. The van der Waals surface area contributed by atoms with Crippen molar-refractivity contribution in [3.63, 3.8) is 0 Å². The molecule has 0 fully saturated rings. The van der Waals surface area contributed by atoms with Crippen molar-refractivity contribution in [3.8, 4) is 5.75 Å². The fourth-order valence-electron chi connectivity index (χ4n) is 3.97. The van der Waals surface area contributed by atoms with Crippen molar-refractivity contribution < 1.29 is 23.9 Å². The van der Waals surface area contributed by atoms with Crippen molar-refractivity contribution in [2.75, 3.05) is 24.3 Å². The molecule has 186 valence electrons. The van der Waals surface area contributed by atoms with Crippen molar-refractivity contribution in [2.45, 2.75) is 26.3 Å². The fourth-order valence-corrected chi connectivity index (χ4v) is 3.97. The minimum atomic E-state index is -0.595. The Kier molecular flexibility index (Phi) is 6.82. The van der Waals surface area contributed by atoms with Crippen molar-refractivity contribution in [2.24, 2.45) is 0 Å². The number of nitrogens with zero attached hydrogens (tertiary/aromatic N) is 2. The number of hydrogen-bond acceptors (Lipinski definition) is 7. The number of hydrogen-bond donors (Lipinski definition) is 3. The molecule has 36 heavy (non-hydrogen) atoms. The van der Waals surface area contributed by atoms with Crippen LogP contribution < -0.4 is 15.5 Å². The highest BCUT2D eigenvalue weighted by Gasteiger charge is 2.41. The van der Waals surface area contributed by atoms with Crippen molar-refractivity contribution in [3.05, 3.63) is 89.1 Å². The summed E-state index contributed by atoms with van der Waals surface area (Å²) in [5.41, 5.74) is 0.583. The summed E-state index contributed by atoms with van der Waals surface area (Å²) in [5, 5.41) is 16.9. The number of aromatic hydroxyl groups is 1. The van der Waals surface area contributed by atoms with Gasteiger partial charge in [-0.2, -0.15) is 0 Å². The third-order valence-electron chi connectivity index (χ3n) is 5.86. The molecule has 0 aliphatic carbocycles. The zero-order valence-corrected chi connectivity index (χ0v) is 20.5. The van der Waals surface area contributed by atoms with Gasteiger partial charge in [0.1, 0.15) is 22.9 Å². The number of aryl methyl sites for hydroxylation is 1. The van der Waals surface area contributed by atoms with Crippen LogP contribution in [0.5, 0.6) is 5.75 Å². The van der Waals surface area contributed by atoms with E-state index < -0.39 is 17.7 Å². The van der Waals surface area contributed by atoms with Gasteiger partial charge in [0.15, 0.2) is 5.75 Å². The summed E-state index contributed by atoms with van der Waals surface area (Å²) in [6.45, 7) is 3.76. The van der Waals surface area contributed by atoms with E-state index in [0.29, 0.717) is 17.9 Å².